The van der Waals surface area contributed by atoms with Crippen LogP contribution in [0.25, 0.3) is 0 Å². The molecule has 2 nitrogen and oxygen atoms in total. The van der Waals surface area contributed by atoms with Crippen LogP contribution in [0.15, 0.2) is 0 Å². The van der Waals surface area contributed by atoms with E-state index in [9.17, 15) is 0 Å². The molecule has 0 aromatic rings. The third-order valence-electron chi connectivity index (χ3n) is 2.61. The molecular weight excluding hydrogens is 178 g/mol. The molecule has 0 heterocycles. The predicted molar refractivity (Wildman–Crippen MR) is 61.4 cm³/mol. The van der Waals surface area contributed by atoms with Crippen molar-refractivity contribution in [1.82, 2.24) is 0 Å². The van der Waals surface area contributed by atoms with Gasteiger partial charge in [-0.15, -0.1) is 0 Å². The van der Waals surface area contributed by atoms with Crippen molar-refractivity contribution in [2.45, 2.75) is 58.3 Å². The van der Waals surface area contributed by atoms with Gasteiger partial charge in [0.1, 0.15) is 0 Å². The first-order valence-electron chi connectivity index (χ1n) is 4.89. The molecule has 0 atom stereocenters. The van der Waals surface area contributed by atoms with Gasteiger partial charge in [0.2, 0.25) is 0 Å². The molecule has 0 amide bonds. The quantitative estimate of drug-likeness (QED) is 0.716. The van der Waals surface area contributed by atoms with Crippen LogP contribution < -0.4 is 5.73 Å². The number of rotatable bonds is 3. The van der Waals surface area contributed by atoms with E-state index in [2.05, 4.69) is 33.9 Å². The van der Waals surface area contributed by atoms with Crippen molar-refractivity contribution in [1.29, 1.82) is 0 Å². The second-order valence-electron chi connectivity index (χ2n) is 6.04. The predicted octanol–water partition coefficient (Wildman–Crippen LogP) is 2.75. The molecule has 0 saturated carbocycles. The van der Waals surface area contributed by atoms with E-state index in [4.69, 9.17) is 10.2 Å². The molecule has 0 bridgehead atoms. The Morgan fingerprint density at radius 1 is 1.08 bits per heavy atom. The summed E-state index contributed by atoms with van der Waals surface area (Å²) in [5.41, 5.74) is 5.67. The molecule has 0 radical (unpaired) electrons. The molecule has 0 aliphatic carbocycles. The van der Waals surface area contributed by atoms with Crippen LogP contribution in [0.3, 0.4) is 0 Å². The number of nitrogens with two attached hydrogens (primary N) is 1. The Morgan fingerprint density at radius 3 is 1.69 bits per heavy atom. The van der Waals surface area contributed by atoms with Crippen molar-refractivity contribution in [3.8, 4) is 0 Å². The van der Waals surface area contributed by atoms with Crippen molar-refractivity contribution in [2.75, 3.05) is 6.61 Å². The third-order valence-corrected chi connectivity index (χ3v) is 7.09. The minimum absolute atomic E-state index is 0.213. The van der Waals surface area contributed by atoms with E-state index in [0.29, 0.717) is 6.61 Å². The van der Waals surface area contributed by atoms with Gasteiger partial charge in [-0.2, -0.15) is 0 Å². The zero-order valence-corrected chi connectivity index (χ0v) is 11.2. The van der Waals surface area contributed by atoms with Crippen LogP contribution in [0, 0.1) is 0 Å². The van der Waals surface area contributed by atoms with E-state index < -0.39 is 8.32 Å². The Hall–Kier alpha value is 0.137. The van der Waals surface area contributed by atoms with E-state index in [-0.39, 0.29) is 10.6 Å². The van der Waals surface area contributed by atoms with Crippen molar-refractivity contribution < 1.29 is 4.43 Å². The summed E-state index contributed by atoms with van der Waals surface area (Å²) >= 11 is 0. The lowest BCUT2D eigenvalue weighted by atomic mass is 10.1. The van der Waals surface area contributed by atoms with Crippen molar-refractivity contribution in [3.05, 3.63) is 0 Å². The largest absolute Gasteiger partial charge is 0.415 e. The van der Waals surface area contributed by atoms with Gasteiger partial charge in [0.15, 0.2) is 8.32 Å². The zero-order valence-electron chi connectivity index (χ0n) is 10.2. The average Bonchev–Trinajstić information content (AvgIpc) is 1.79. The Balaban J connectivity index is 4.21. The maximum atomic E-state index is 5.97. The highest BCUT2D eigenvalue weighted by Crippen LogP contribution is 2.36. The Morgan fingerprint density at radius 2 is 1.46 bits per heavy atom. The summed E-state index contributed by atoms with van der Waals surface area (Å²) in [4.78, 5) is 0. The van der Waals surface area contributed by atoms with Crippen LogP contribution in [0.5, 0.6) is 0 Å². The number of hydrogen-bond acceptors (Lipinski definition) is 2. The van der Waals surface area contributed by atoms with Gasteiger partial charge in [-0.1, -0.05) is 20.8 Å². The van der Waals surface area contributed by atoms with E-state index in [1.165, 1.54) is 0 Å². The lowest BCUT2D eigenvalue weighted by molar-refractivity contribution is 0.223. The number of hydrogen-bond donors (Lipinski definition) is 1. The van der Waals surface area contributed by atoms with Crippen molar-refractivity contribution >= 4 is 8.32 Å². The van der Waals surface area contributed by atoms with Crippen molar-refractivity contribution in [3.63, 3.8) is 0 Å². The standard InChI is InChI=1S/C10H25NOSi/c1-9(2,3)13(6,7)12-8-10(4,5)11/h8,11H2,1-7H3. The Labute approximate surface area is 84.0 Å². The maximum absolute atomic E-state index is 5.97. The van der Waals surface area contributed by atoms with E-state index in [1.807, 2.05) is 13.8 Å². The van der Waals surface area contributed by atoms with Crippen molar-refractivity contribution in [2.24, 2.45) is 5.73 Å². The smallest absolute Gasteiger partial charge is 0.192 e. The minimum atomic E-state index is -1.59. The van der Waals surface area contributed by atoms with E-state index in [1.54, 1.807) is 0 Å². The molecular formula is C10H25NOSi. The molecule has 0 rings (SSSR count). The fourth-order valence-electron chi connectivity index (χ4n) is 0.583. The van der Waals surface area contributed by atoms with Gasteiger partial charge in [0.05, 0.1) is 6.61 Å². The van der Waals surface area contributed by atoms with E-state index in [0.717, 1.165) is 0 Å². The fraction of sp³-hybridized carbons (Fsp3) is 1.00. The monoisotopic (exact) mass is 203 g/mol. The molecule has 0 spiro atoms. The molecule has 2 N–H and O–H groups in total. The molecule has 0 aromatic carbocycles. The first-order chi connectivity index (χ1) is 5.46. The van der Waals surface area contributed by atoms with Gasteiger partial charge < -0.3 is 10.2 Å². The van der Waals surface area contributed by atoms with Gasteiger partial charge in [-0.05, 0) is 32.0 Å². The Bertz CT molecular complexity index is 165. The van der Waals surface area contributed by atoms with Gasteiger partial charge in [-0.3, -0.25) is 0 Å². The molecule has 0 saturated heterocycles. The summed E-state index contributed by atoms with van der Waals surface area (Å²) in [5, 5.41) is 0.276. The molecule has 0 fully saturated rings. The SMILES string of the molecule is CC(C)(N)CO[Si](C)(C)C(C)(C)C. The summed E-state index contributed by atoms with van der Waals surface area (Å²) in [6.45, 7) is 15.9. The van der Waals surface area contributed by atoms with Crippen LogP contribution in [-0.2, 0) is 4.43 Å². The second kappa shape index (κ2) is 3.71. The molecule has 0 aliphatic heterocycles. The van der Waals surface area contributed by atoms with E-state index >= 15 is 0 Å². The van der Waals surface area contributed by atoms with Crippen LogP contribution in [-0.4, -0.2) is 20.5 Å². The molecule has 80 valence electrons. The maximum Gasteiger partial charge on any atom is 0.192 e. The second-order valence-corrected chi connectivity index (χ2v) is 10.8. The first kappa shape index (κ1) is 13.1. The topological polar surface area (TPSA) is 35.2 Å². The summed E-state index contributed by atoms with van der Waals surface area (Å²) in [7, 11) is -1.59. The normalized spacial score (nSPS) is 14.8. The van der Waals surface area contributed by atoms with Crippen LogP contribution in [0.4, 0.5) is 0 Å². The summed E-state index contributed by atoms with van der Waals surface area (Å²) in [5.74, 6) is 0. The summed E-state index contributed by atoms with van der Waals surface area (Å²) in [6.07, 6.45) is 0. The summed E-state index contributed by atoms with van der Waals surface area (Å²) in [6, 6.07) is 0. The molecule has 0 aliphatic rings. The Kier molecular flexibility index (Phi) is 3.75. The zero-order chi connectivity index (χ0) is 10.9. The molecule has 3 heteroatoms. The average molecular weight is 203 g/mol. The minimum Gasteiger partial charge on any atom is -0.415 e. The third kappa shape index (κ3) is 4.79. The van der Waals surface area contributed by atoms with Gasteiger partial charge in [-0.25, -0.2) is 0 Å². The molecule has 13 heavy (non-hydrogen) atoms. The first-order valence-corrected chi connectivity index (χ1v) is 7.79. The molecule has 0 unspecified atom stereocenters. The highest BCUT2D eigenvalue weighted by Gasteiger charge is 2.37. The van der Waals surface area contributed by atoms with Gasteiger partial charge >= 0.3 is 0 Å². The van der Waals surface area contributed by atoms with Gasteiger partial charge in [0, 0.05) is 5.54 Å². The molecule has 0 aromatic heterocycles. The van der Waals surface area contributed by atoms with Crippen LogP contribution >= 0.6 is 0 Å². The lowest BCUT2D eigenvalue weighted by Crippen LogP contribution is -2.47. The highest BCUT2D eigenvalue weighted by atomic mass is 28.4. The fourth-order valence-corrected chi connectivity index (χ4v) is 1.75. The van der Waals surface area contributed by atoms with Crippen LogP contribution in [0.2, 0.25) is 18.1 Å². The van der Waals surface area contributed by atoms with Gasteiger partial charge in [0.25, 0.3) is 0 Å². The highest BCUT2D eigenvalue weighted by molar-refractivity contribution is 6.74. The lowest BCUT2D eigenvalue weighted by Gasteiger charge is -2.38. The van der Waals surface area contributed by atoms with Crippen LogP contribution in [0.1, 0.15) is 34.6 Å². The summed E-state index contributed by atoms with van der Waals surface area (Å²) < 4.78 is 5.97.